The summed E-state index contributed by atoms with van der Waals surface area (Å²) < 4.78 is 0. The first kappa shape index (κ1) is 12.1. The van der Waals surface area contributed by atoms with E-state index in [-0.39, 0.29) is 0 Å². The average molecular weight is 222 g/mol. The molecule has 1 unspecified atom stereocenters. The minimum absolute atomic E-state index is 0.827. The van der Waals surface area contributed by atoms with Crippen molar-refractivity contribution in [2.75, 3.05) is 32.7 Å². The van der Waals surface area contributed by atoms with Gasteiger partial charge in [-0.3, -0.25) is 9.80 Å². The lowest BCUT2D eigenvalue weighted by atomic mass is 10.0. The van der Waals surface area contributed by atoms with E-state index in [1.54, 1.807) is 0 Å². The van der Waals surface area contributed by atoms with E-state index in [0.717, 1.165) is 12.6 Å². The Balaban J connectivity index is 1.83. The minimum Gasteiger partial charge on any atom is -0.299 e. The lowest BCUT2D eigenvalue weighted by Gasteiger charge is -2.41. The van der Waals surface area contributed by atoms with Crippen LogP contribution in [0.25, 0.3) is 0 Å². The van der Waals surface area contributed by atoms with Crippen molar-refractivity contribution in [3.05, 3.63) is 12.2 Å². The van der Waals surface area contributed by atoms with Crippen LogP contribution in [0, 0.1) is 0 Å². The van der Waals surface area contributed by atoms with Gasteiger partial charge in [-0.25, -0.2) is 0 Å². The second-order valence-electron chi connectivity index (χ2n) is 5.58. The van der Waals surface area contributed by atoms with Crippen LogP contribution < -0.4 is 0 Å². The predicted octanol–water partition coefficient (Wildman–Crippen LogP) is 2.51. The van der Waals surface area contributed by atoms with Crippen molar-refractivity contribution in [3.63, 3.8) is 0 Å². The van der Waals surface area contributed by atoms with Crippen LogP contribution in [-0.4, -0.2) is 48.6 Å². The molecule has 92 valence electrons. The molecule has 0 aromatic carbocycles. The lowest BCUT2D eigenvalue weighted by Crippen LogP contribution is -2.49. The zero-order chi connectivity index (χ0) is 11.4. The molecule has 0 radical (unpaired) electrons. The van der Waals surface area contributed by atoms with Gasteiger partial charge in [-0.15, -0.1) is 0 Å². The Bertz CT molecular complexity index is 231. The molecule has 0 amide bonds. The predicted molar refractivity (Wildman–Crippen MR) is 69.7 cm³/mol. The maximum absolute atomic E-state index is 4.03. The molecule has 2 heteroatoms. The first-order chi connectivity index (χ1) is 7.75. The highest BCUT2D eigenvalue weighted by atomic mass is 15.2. The maximum Gasteiger partial charge on any atom is 0.0223 e. The summed E-state index contributed by atoms with van der Waals surface area (Å²) in [6, 6.07) is 0.827. The van der Waals surface area contributed by atoms with E-state index in [0.29, 0.717) is 0 Å². The third-order valence-corrected chi connectivity index (χ3v) is 3.88. The summed E-state index contributed by atoms with van der Waals surface area (Å²) in [7, 11) is 0. The van der Waals surface area contributed by atoms with Gasteiger partial charge < -0.3 is 0 Å². The van der Waals surface area contributed by atoms with E-state index >= 15 is 0 Å². The molecule has 2 heterocycles. The lowest BCUT2D eigenvalue weighted by molar-refractivity contribution is 0.0872. The number of likely N-dealkylation sites (tertiary alicyclic amines) is 2. The molecule has 0 spiro atoms. The molecule has 2 aliphatic rings. The van der Waals surface area contributed by atoms with Crippen LogP contribution in [0.5, 0.6) is 0 Å². The van der Waals surface area contributed by atoms with Gasteiger partial charge in [-0.2, -0.15) is 0 Å². The molecule has 2 fully saturated rings. The number of piperidine rings is 2. The Hall–Kier alpha value is -0.340. The summed E-state index contributed by atoms with van der Waals surface area (Å²) in [5.74, 6) is 0. The Labute approximate surface area is 100 Å². The van der Waals surface area contributed by atoms with Gasteiger partial charge in [0.25, 0.3) is 0 Å². The smallest absolute Gasteiger partial charge is 0.0223 e. The second-order valence-corrected chi connectivity index (χ2v) is 5.58. The third-order valence-electron chi connectivity index (χ3n) is 3.88. The van der Waals surface area contributed by atoms with Crippen molar-refractivity contribution in [1.82, 2.24) is 9.80 Å². The fourth-order valence-corrected chi connectivity index (χ4v) is 3.14. The molecular formula is C14H26N2. The van der Waals surface area contributed by atoms with E-state index in [1.165, 1.54) is 63.9 Å². The molecule has 0 aromatic heterocycles. The quantitative estimate of drug-likeness (QED) is 0.677. The highest BCUT2D eigenvalue weighted by Crippen LogP contribution is 2.20. The molecule has 16 heavy (non-hydrogen) atoms. The Morgan fingerprint density at radius 1 is 1.12 bits per heavy atom. The maximum atomic E-state index is 4.03. The monoisotopic (exact) mass is 222 g/mol. The fraction of sp³-hybridized carbons (Fsp3) is 0.857. The zero-order valence-electron chi connectivity index (χ0n) is 10.7. The molecule has 0 aromatic rings. The molecule has 0 saturated carbocycles. The van der Waals surface area contributed by atoms with Gasteiger partial charge >= 0.3 is 0 Å². The van der Waals surface area contributed by atoms with Crippen molar-refractivity contribution in [2.24, 2.45) is 0 Å². The second kappa shape index (κ2) is 5.83. The summed E-state index contributed by atoms with van der Waals surface area (Å²) in [5, 5.41) is 0. The van der Waals surface area contributed by atoms with Crippen molar-refractivity contribution < 1.29 is 0 Å². The standard InChI is InChI=1S/C14H26N2/c1-13(2)11-15-8-6-7-14(12-15)16-9-4-3-5-10-16/h14H,1,3-12H2,2H3. The van der Waals surface area contributed by atoms with E-state index in [1.807, 2.05) is 0 Å². The van der Waals surface area contributed by atoms with Crippen LogP contribution in [-0.2, 0) is 0 Å². The first-order valence-corrected chi connectivity index (χ1v) is 6.86. The highest BCUT2D eigenvalue weighted by molar-refractivity contribution is 4.94. The molecule has 2 rings (SSSR count). The van der Waals surface area contributed by atoms with E-state index in [2.05, 4.69) is 23.3 Å². The van der Waals surface area contributed by atoms with Gasteiger partial charge in [0.15, 0.2) is 0 Å². The van der Waals surface area contributed by atoms with Crippen molar-refractivity contribution in [2.45, 2.75) is 45.1 Å². The summed E-state index contributed by atoms with van der Waals surface area (Å²) >= 11 is 0. The summed E-state index contributed by atoms with van der Waals surface area (Å²) in [5.41, 5.74) is 1.30. The third kappa shape index (κ3) is 3.33. The molecule has 0 aliphatic carbocycles. The Morgan fingerprint density at radius 3 is 2.56 bits per heavy atom. The highest BCUT2D eigenvalue weighted by Gasteiger charge is 2.25. The number of hydrogen-bond acceptors (Lipinski definition) is 2. The van der Waals surface area contributed by atoms with Crippen LogP contribution in [0.3, 0.4) is 0 Å². The van der Waals surface area contributed by atoms with Gasteiger partial charge in [0.2, 0.25) is 0 Å². The molecular weight excluding hydrogens is 196 g/mol. The zero-order valence-corrected chi connectivity index (χ0v) is 10.7. The van der Waals surface area contributed by atoms with Crippen LogP contribution in [0.2, 0.25) is 0 Å². The Morgan fingerprint density at radius 2 is 1.88 bits per heavy atom. The molecule has 1 atom stereocenters. The van der Waals surface area contributed by atoms with E-state index in [9.17, 15) is 0 Å². The average Bonchev–Trinajstić information content (AvgIpc) is 2.30. The number of nitrogens with zero attached hydrogens (tertiary/aromatic N) is 2. The number of rotatable bonds is 3. The van der Waals surface area contributed by atoms with Crippen molar-refractivity contribution in [3.8, 4) is 0 Å². The van der Waals surface area contributed by atoms with Crippen LogP contribution >= 0.6 is 0 Å². The minimum atomic E-state index is 0.827. The van der Waals surface area contributed by atoms with Crippen molar-refractivity contribution >= 4 is 0 Å². The van der Waals surface area contributed by atoms with Gasteiger partial charge in [0.1, 0.15) is 0 Å². The molecule has 0 bridgehead atoms. The van der Waals surface area contributed by atoms with Crippen LogP contribution in [0.15, 0.2) is 12.2 Å². The SMILES string of the molecule is C=C(C)CN1CCCC(N2CCCCC2)C1. The van der Waals surface area contributed by atoms with Gasteiger partial charge in [-0.1, -0.05) is 18.6 Å². The van der Waals surface area contributed by atoms with Crippen LogP contribution in [0.1, 0.15) is 39.0 Å². The van der Waals surface area contributed by atoms with Gasteiger partial charge in [0.05, 0.1) is 0 Å². The molecule has 0 N–H and O–H groups in total. The normalized spacial score (nSPS) is 29.2. The summed E-state index contributed by atoms with van der Waals surface area (Å²) in [6.45, 7) is 12.5. The summed E-state index contributed by atoms with van der Waals surface area (Å²) in [4.78, 5) is 5.32. The van der Waals surface area contributed by atoms with Crippen molar-refractivity contribution in [1.29, 1.82) is 0 Å². The van der Waals surface area contributed by atoms with E-state index < -0.39 is 0 Å². The van der Waals surface area contributed by atoms with Crippen LogP contribution in [0.4, 0.5) is 0 Å². The Kier molecular flexibility index (Phi) is 4.42. The topological polar surface area (TPSA) is 6.48 Å². The van der Waals surface area contributed by atoms with E-state index in [4.69, 9.17) is 0 Å². The largest absolute Gasteiger partial charge is 0.299 e. The molecule has 2 aliphatic heterocycles. The van der Waals surface area contributed by atoms with Gasteiger partial charge in [-0.05, 0) is 52.2 Å². The number of hydrogen-bond donors (Lipinski definition) is 0. The fourth-order valence-electron chi connectivity index (χ4n) is 3.14. The first-order valence-electron chi connectivity index (χ1n) is 6.86. The summed E-state index contributed by atoms with van der Waals surface area (Å²) in [6.07, 6.45) is 7.05. The molecule has 2 saturated heterocycles. The van der Waals surface area contributed by atoms with Gasteiger partial charge in [0, 0.05) is 19.1 Å². The molecule has 2 nitrogen and oxygen atoms in total.